The maximum absolute atomic E-state index is 13.5. The SMILES string of the molecule is Cc1ccc(C(=O)N2CC[C@H](C(=O)Nc3cc(F)c(F)c(Br)c3)[C@@H]2C)[nH]1. The first-order valence-corrected chi connectivity index (χ1v) is 8.99. The highest BCUT2D eigenvalue weighted by atomic mass is 79.9. The summed E-state index contributed by atoms with van der Waals surface area (Å²) in [5.74, 6) is -2.96. The average Bonchev–Trinajstić information content (AvgIpc) is 3.18. The summed E-state index contributed by atoms with van der Waals surface area (Å²) in [6.07, 6.45) is 0.503. The van der Waals surface area contributed by atoms with Crippen molar-refractivity contribution < 1.29 is 18.4 Å². The number of hydrogen-bond donors (Lipinski definition) is 2. The van der Waals surface area contributed by atoms with Crippen LogP contribution in [0.15, 0.2) is 28.7 Å². The first-order chi connectivity index (χ1) is 12.3. The van der Waals surface area contributed by atoms with Gasteiger partial charge in [0.05, 0.1) is 10.4 Å². The molecule has 0 radical (unpaired) electrons. The fourth-order valence-electron chi connectivity index (χ4n) is 3.22. The highest BCUT2D eigenvalue weighted by Crippen LogP contribution is 2.28. The molecule has 1 aromatic carbocycles. The Bertz CT molecular complexity index is 845. The van der Waals surface area contributed by atoms with Crippen LogP contribution in [0.4, 0.5) is 14.5 Å². The van der Waals surface area contributed by atoms with Crippen molar-refractivity contribution in [2.45, 2.75) is 26.3 Å². The van der Waals surface area contributed by atoms with Crippen LogP contribution in [0.2, 0.25) is 0 Å². The van der Waals surface area contributed by atoms with Gasteiger partial charge in [0.25, 0.3) is 5.91 Å². The van der Waals surface area contributed by atoms with Crippen molar-refractivity contribution in [3.63, 3.8) is 0 Å². The lowest BCUT2D eigenvalue weighted by molar-refractivity contribution is -0.120. The number of nitrogens with zero attached hydrogens (tertiary/aromatic N) is 1. The molecule has 0 bridgehead atoms. The Hall–Kier alpha value is -2.22. The summed E-state index contributed by atoms with van der Waals surface area (Å²) >= 11 is 2.92. The maximum atomic E-state index is 13.5. The molecule has 26 heavy (non-hydrogen) atoms. The molecule has 2 N–H and O–H groups in total. The number of hydrogen-bond acceptors (Lipinski definition) is 2. The number of rotatable bonds is 3. The highest BCUT2D eigenvalue weighted by Gasteiger charge is 2.38. The van der Waals surface area contributed by atoms with Gasteiger partial charge in [0.15, 0.2) is 11.6 Å². The molecule has 1 aliphatic heterocycles. The van der Waals surface area contributed by atoms with Gasteiger partial charge in [-0.2, -0.15) is 0 Å². The molecule has 0 aliphatic carbocycles. The number of amides is 2. The Labute approximate surface area is 157 Å². The average molecular weight is 426 g/mol. The number of nitrogens with one attached hydrogen (secondary N) is 2. The van der Waals surface area contributed by atoms with Crippen LogP contribution in [0.5, 0.6) is 0 Å². The van der Waals surface area contributed by atoms with Crippen molar-refractivity contribution in [2.75, 3.05) is 11.9 Å². The van der Waals surface area contributed by atoms with Crippen molar-refractivity contribution >= 4 is 33.4 Å². The molecule has 1 fully saturated rings. The summed E-state index contributed by atoms with van der Waals surface area (Å²) in [4.78, 5) is 29.8. The second-order valence-electron chi connectivity index (χ2n) is 6.43. The number of carbonyl (C=O) groups is 2. The molecule has 2 amide bonds. The minimum atomic E-state index is -1.05. The third kappa shape index (κ3) is 3.51. The molecule has 8 heteroatoms. The number of anilines is 1. The van der Waals surface area contributed by atoms with Crippen LogP contribution in [-0.4, -0.2) is 34.3 Å². The third-order valence-corrected chi connectivity index (χ3v) is 5.24. The van der Waals surface area contributed by atoms with E-state index in [0.717, 1.165) is 11.8 Å². The maximum Gasteiger partial charge on any atom is 0.270 e. The van der Waals surface area contributed by atoms with E-state index in [0.29, 0.717) is 18.7 Å². The van der Waals surface area contributed by atoms with E-state index in [1.807, 2.05) is 19.9 Å². The quantitative estimate of drug-likeness (QED) is 0.733. The summed E-state index contributed by atoms with van der Waals surface area (Å²) in [6, 6.07) is 5.47. The summed E-state index contributed by atoms with van der Waals surface area (Å²) in [5, 5.41) is 2.61. The number of benzene rings is 1. The van der Waals surface area contributed by atoms with E-state index in [1.165, 1.54) is 6.07 Å². The fraction of sp³-hybridized carbons (Fsp3) is 0.333. The number of likely N-dealkylation sites (tertiary alicyclic amines) is 1. The van der Waals surface area contributed by atoms with Crippen LogP contribution >= 0.6 is 15.9 Å². The second kappa shape index (κ2) is 7.19. The van der Waals surface area contributed by atoms with Gasteiger partial charge in [-0.15, -0.1) is 0 Å². The van der Waals surface area contributed by atoms with E-state index < -0.39 is 17.6 Å². The van der Waals surface area contributed by atoms with Gasteiger partial charge in [-0.05, 0) is 54.4 Å². The predicted octanol–water partition coefficient (Wildman–Crippen LogP) is 3.85. The monoisotopic (exact) mass is 425 g/mol. The summed E-state index contributed by atoms with van der Waals surface area (Å²) in [5.41, 5.74) is 1.54. The van der Waals surface area contributed by atoms with Crippen LogP contribution in [0.25, 0.3) is 0 Å². The smallest absolute Gasteiger partial charge is 0.270 e. The molecule has 1 aliphatic rings. The lowest BCUT2D eigenvalue weighted by atomic mass is 10.0. The highest BCUT2D eigenvalue weighted by molar-refractivity contribution is 9.10. The van der Waals surface area contributed by atoms with Gasteiger partial charge in [-0.25, -0.2) is 8.78 Å². The molecule has 0 saturated carbocycles. The Morgan fingerprint density at radius 3 is 2.65 bits per heavy atom. The van der Waals surface area contributed by atoms with Crippen molar-refractivity contribution in [3.05, 3.63) is 51.8 Å². The number of halogens is 3. The molecule has 3 rings (SSSR count). The third-order valence-electron chi connectivity index (χ3n) is 4.67. The Kier molecular flexibility index (Phi) is 5.13. The van der Waals surface area contributed by atoms with Crippen molar-refractivity contribution in [2.24, 2.45) is 5.92 Å². The number of aromatic amines is 1. The zero-order chi connectivity index (χ0) is 19.0. The first-order valence-electron chi connectivity index (χ1n) is 8.20. The molecule has 1 aromatic heterocycles. The van der Waals surface area contributed by atoms with Crippen LogP contribution in [0, 0.1) is 24.5 Å². The largest absolute Gasteiger partial charge is 0.355 e. The molecule has 0 unspecified atom stereocenters. The van der Waals surface area contributed by atoms with Crippen LogP contribution in [0.3, 0.4) is 0 Å². The van der Waals surface area contributed by atoms with Gasteiger partial charge in [0.2, 0.25) is 5.91 Å². The lowest BCUT2D eigenvalue weighted by Crippen LogP contribution is -2.39. The zero-order valence-electron chi connectivity index (χ0n) is 14.3. The zero-order valence-corrected chi connectivity index (χ0v) is 15.9. The van der Waals surface area contributed by atoms with Crippen LogP contribution in [-0.2, 0) is 4.79 Å². The van der Waals surface area contributed by atoms with Gasteiger partial charge in [0.1, 0.15) is 5.69 Å². The lowest BCUT2D eigenvalue weighted by Gasteiger charge is -2.24. The minimum Gasteiger partial charge on any atom is -0.355 e. The fourth-order valence-corrected chi connectivity index (χ4v) is 3.66. The Morgan fingerprint density at radius 2 is 2.04 bits per heavy atom. The molecule has 0 spiro atoms. The Morgan fingerprint density at radius 1 is 1.31 bits per heavy atom. The summed E-state index contributed by atoms with van der Waals surface area (Å²) in [6.45, 7) is 4.13. The van der Waals surface area contributed by atoms with E-state index in [1.54, 1.807) is 11.0 Å². The summed E-state index contributed by atoms with van der Waals surface area (Å²) < 4.78 is 26.8. The van der Waals surface area contributed by atoms with Crippen LogP contribution < -0.4 is 5.32 Å². The van der Waals surface area contributed by atoms with E-state index in [4.69, 9.17) is 0 Å². The molecule has 2 atom stereocenters. The van der Waals surface area contributed by atoms with E-state index in [2.05, 4.69) is 26.2 Å². The molecular weight excluding hydrogens is 408 g/mol. The van der Waals surface area contributed by atoms with Crippen molar-refractivity contribution in [1.29, 1.82) is 0 Å². The summed E-state index contributed by atoms with van der Waals surface area (Å²) in [7, 11) is 0. The number of aryl methyl sites for hydroxylation is 1. The Balaban J connectivity index is 1.70. The van der Waals surface area contributed by atoms with Gasteiger partial charge in [-0.1, -0.05) is 0 Å². The first kappa shape index (κ1) is 18.6. The van der Waals surface area contributed by atoms with Gasteiger partial charge >= 0.3 is 0 Å². The van der Waals surface area contributed by atoms with E-state index in [-0.39, 0.29) is 28.0 Å². The topological polar surface area (TPSA) is 65.2 Å². The van der Waals surface area contributed by atoms with Crippen molar-refractivity contribution in [3.8, 4) is 0 Å². The molecule has 2 heterocycles. The van der Waals surface area contributed by atoms with Crippen molar-refractivity contribution in [1.82, 2.24) is 9.88 Å². The molecule has 1 saturated heterocycles. The molecule has 5 nitrogen and oxygen atoms in total. The predicted molar refractivity (Wildman–Crippen MR) is 96.8 cm³/mol. The van der Waals surface area contributed by atoms with Gasteiger partial charge < -0.3 is 15.2 Å². The van der Waals surface area contributed by atoms with Crippen LogP contribution in [0.1, 0.15) is 29.5 Å². The molecule has 2 aromatic rings. The van der Waals surface area contributed by atoms with E-state index in [9.17, 15) is 18.4 Å². The van der Waals surface area contributed by atoms with Gasteiger partial charge in [-0.3, -0.25) is 9.59 Å². The van der Waals surface area contributed by atoms with E-state index >= 15 is 0 Å². The number of carbonyl (C=O) groups excluding carboxylic acids is 2. The normalized spacial score (nSPS) is 19.7. The number of aromatic nitrogens is 1. The van der Waals surface area contributed by atoms with Gasteiger partial charge in [0, 0.05) is 30.0 Å². The second-order valence-corrected chi connectivity index (χ2v) is 7.29. The molecular formula is C18H18BrF2N3O2. The number of H-pyrrole nitrogens is 1. The molecule has 138 valence electrons. The minimum absolute atomic E-state index is 0.0637. The standard InChI is InChI=1S/C18H18BrF2N3O2/c1-9-3-4-15(22-9)18(26)24-6-5-12(10(24)2)17(25)23-11-7-13(19)16(21)14(20)8-11/h3-4,7-8,10,12,22H,5-6H2,1-2H3,(H,23,25)/t10-,12-/m0/s1.